The van der Waals surface area contributed by atoms with E-state index in [0.29, 0.717) is 4.47 Å². The number of rotatable bonds is 4. The van der Waals surface area contributed by atoms with Gasteiger partial charge in [0.05, 0.1) is 6.54 Å². The zero-order valence-electron chi connectivity index (χ0n) is 10.9. The molecular formula is C14H15ClN4S. The normalized spacial score (nSPS) is 14.6. The van der Waals surface area contributed by atoms with E-state index in [9.17, 15) is 0 Å². The molecule has 0 spiro atoms. The lowest BCUT2D eigenvalue weighted by Crippen LogP contribution is -2.30. The molecule has 3 rings (SSSR count). The first-order chi connectivity index (χ1) is 9.81. The van der Waals surface area contributed by atoms with Gasteiger partial charge >= 0.3 is 0 Å². The summed E-state index contributed by atoms with van der Waals surface area (Å²) in [5.74, 6) is 0.997. The number of aliphatic imine (C=N–C) groups is 1. The topological polar surface area (TPSA) is 49.3 Å². The number of aromatic nitrogens is 1. The predicted molar refractivity (Wildman–Crippen MR) is 84.9 cm³/mol. The van der Waals surface area contributed by atoms with E-state index in [1.165, 1.54) is 11.3 Å². The van der Waals surface area contributed by atoms with Gasteiger partial charge in [0.25, 0.3) is 0 Å². The van der Waals surface area contributed by atoms with Crippen LogP contribution in [0.2, 0.25) is 4.47 Å². The molecule has 0 saturated carbocycles. The second kappa shape index (κ2) is 6.24. The highest BCUT2D eigenvalue weighted by Gasteiger charge is 2.06. The third-order valence-electron chi connectivity index (χ3n) is 3.05. The van der Waals surface area contributed by atoms with Crippen LogP contribution in [0.1, 0.15) is 16.9 Å². The van der Waals surface area contributed by atoms with Gasteiger partial charge in [-0.1, -0.05) is 11.6 Å². The van der Waals surface area contributed by atoms with E-state index in [2.05, 4.69) is 44.9 Å². The molecule has 1 aliphatic heterocycles. The molecule has 6 heteroatoms. The van der Waals surface area contributed by atoms with Crippen molar-refractivity contribution in [1.82, 2.24) is 10.3 Å². The summed E-state index contributed by atoms with van der Waals surface area (Å²) in [5.41, 5.74) is 2.21. The van der Waals surface area contributed by atoms with Gasteiger partial charge in [0.15, 0.2) is 4.47 Å². The van der Waals surface area contributed by atoms with Crippen molar-refractivity contribution in [2.45, 2.75) is 13.0 Å². The van der Waals surface area contributed by atoms with Gasteiger partial charge in [-0.3, -0.25) is 4.99 Å². The largest absolute Gasteiger partial charge is 0.380 e. The summed E-state index contributed by atoms with van der Waals surface area (Å²) >= 11 is 7.30. The highest BCUT2D eigenvalue weighted by molar-refractivity contribution is 7.15. The fraction of sp³-hybridized carbons (Fsp3) is 0.286. The number of halogens is 1. The molecule has 0 radical (unpaired) electrons. The van der Waals surface area contributed by atoms with Gasteiger partial charge in [-0.25, -0.2) is 4.98 Å². The van der Waals surface area contributed by atoms with Gasteiger partial charge in [0, 0.05) is 35.4 Å². The highest BCUT2D eigenvalue weighted by Crippen LogP contribution is 2.19. The molecule has 4 nitrogen and oxygen atoms in total. The van der Waals surface area contributed by atoms with Crippen LogP contribution in [0.15, 0.2) is 35.5 Å². The lowest BCUT2D eigenvalue weighted by atomic mass is 10.1. The quantitative estimate of drug-likeness (QED) is 0.912. The molecule has 0 atom stereocenters. The molecule has 2 heterocycles. The van der Waals surface area contributed by atoms with E-state index >= 15 is 0 Å². The van der Waals surface area contributed by atoms with Gasteiger partial charge < -0.3 is 10.6 Å². The van der Waals surface area contributed by atoms with E-state index in [1.54, 1.807) is 6.20 Å². The van der Waals surface area contributed by atoms with Gasteiger partial charge in [0.1, 0.15) is 5.84 Å². The second-order valence-electron chi connectivity index (χ2n) is 4.52. The molecule has 0 saturated heterocycles. The van der Waals surface area contributed by atoms with Crippen LogP contribution in [-0.4, -0.2) is 23.9 Å². The SMILES string of the molecule is Clc1ncc(CNc2ccc(C3=NCCCN3)cc2)s1. The minimum Gasteiger partial charge on any atom is -0.380 e. The summed E-state index contributed by atoms with van der Waals surface area (Å²) < 4.78 is 0.582. The first-order valence-corrected chi connectivity index (χ1v) is 7.73. The lowest BCUT2D eigenvalue weighted by Gasteiger charge is -2.15. The Morgan fingerprint density at radius 3 is 2.80 bits per heavy atom. The molecule has 2 aromatic rings. The molecular weight excluding hydrogens is 292 g/mol. The Balaban J connectivity index is 1.62. The summed E-state index contributed by atoms with van der Waals surface area (Å²) in [6, 6.07) is 8.30. The summed E-state index contributed by atoms with van der Waals surface area (Å²) in [4.78, 5) is 9.64. The molecule has 1 aromatic carbocycles. The van der Waals surface area contributed by atoms with Crippen LogP contribution in [0, 0.1) is 0 Å². The number of nitrogens with one attached hydrogen (secondary N) is 2. The van der Waals surface area contributed by atoms with Crippen LogP contribution >= 0.6 is 22.9 Å². The lowest BCUT2D eigenvalue weighted by molar-refractivity contribution is 0.742. The van der Waals surface area contributed by atoms with Crippen molar-refractivity contribution in [3.8, 4) is 0 Å². The van der Waals surface area contributed by atoms with Gasteiger partial charge in [0.2, 0.25) is 0 Å². The van der Waals surface area contributed by atoms with Gasteiger partial charge in [-0.05, 0) is 30.7 Å². The van der Waals surface area contributed by atoms with E-state index in [0.717, 1.165) is 48.0 Å². The molecule has 0 fully saturated rings. The second-order valence-corrected chi connectivity index (χ2v) is 6.22. The third kappa shape index (κ3) is 3.29. The monoisotopic (exact) mass is 306 g/mol. The minimum atomic E-state index is 0.582. The smallest absolute Gasteiger partial charge is 0.183 e. The maximum Gasteiger partial charge on any atom is 0.183 e. The summed E-state index contributed by atoms with van der Waals surface area (Å²) in [6.07, 6.45) is 2.91. The molecule has 0 unspecified atom stereocenters. The van der Waals surface area contributed by atoms with Crippen molar-refractivity contribution in [2.75, 3.05) is 18.4 Å². The molecule has 1 aliphatic rings. The Morgan fingerprint density at radius 1 is 1.30 bits per heavy atom. The minimum absolute atomic E-state index is 0.582. The molecule has 0 aliphatic carbocycles. The number of benzene rings is 1. The van der Waals surface area contributed by atoms with Crippen molar-refractivity contribution < 1.29 is 0 Å². The van der Waals surface area contributed by atoms with Crippen LogP contribution in [0.5, 0.6) is 0 Å². The number of hydrogen-bond donors (Lipinski definition) is 2. The number of hydrogen-bond acceptors (Lipinski definition) is 5. The van der Waals surface area contributed by atoms with Crippen LogP contribution in [0.25, 0.3) is 0 Å². The van der Waals surface area contributed by atoms with Crippen molar-refractivity contribution in [3.05, 3.63) is 45.4 Å². The van der Waals surface area contributed by atoms with Gasteiger partial charge in [-0.2, -0.15) is 0 Å². The number of amidine groups is 1. The molecule has 0 bridgehead atoms. The van der Waals surface area contributed by atoms with Crippen molar-refractivity contribution in [1.29, 1.82) is 0 Å². The number of anilines is 1. The van der Waals surface area contributed by atoms with Crippen molar-refractivity contribution in [2.24, 2.45) is 4.99 Å². The van der Waals surface area contributed by atoms with Crippen molar-refractivity contribution in [3.63, 3.8) is 0 Å². The van der Waals surface area contributed by atoms with Crippen LogP contribution in [0.3, 0.4) is 0 Å². The number of nitrogens with zero attached hydrogens (tertiary/aromatic N) is 2. The fourth-order valence-corrected chi connectivity index (χ4v) is 2.94. The summed E-state index contributed by atoms with van der Waals surface area (Å²) in [7, 11) is 0. The first-order valence-electron chi connectivity index (χ1n) is 6.54. The first kappa shape index (κ1) is 13.4. The molecule has 1 aromatic heterocycles. The Morgan fingerprint density at radius 2 is 2.15 bits per heavy atom. The van der Waals surface area contributed by atoms with E-state index in [4.69, 9.17) is 11.6 Å². The standard InChI is InChI=1S/C14H15ClN4S/c15-14-19-9-12(20-14)8-18-11-4-2-10(3-5-11)13-16-6-1-7-17-13/h2-5,9,18H,1,6-8H2,(H,16,17). The summed E-state index contributed by atoms with van der Waals surface area (Å²) in [5, 5.41) is 6.68. The molecule has 104 valence electrons. The Kier molecular flexibility index (Phi) is 4.18. The zero-order chi connectivity index (χ0) is 13.8. The fourth-order valence-electron chi connectivity index (χ4n) is 2.03. The zero-order valence-corrected chi connectivity index (χ0v) is 12.5. The van der Waals surface area contributed by atoms with E-state index in [-0.39, 0.29) is 0 Å². The average molecular weight is 307 g/mol. The summed E-state index contributed by atoms with van der Waals surface area (Å²) in [6.45, 7) is 2.66. The molecule has 20 heavy (non-hydrogen) atoms. The van der Waals surface area contributed by atoms with Gasteiger partial charge in [-0.15, -0.1) is 11.3 Å². The molecule has 0 amide bonds. The van der Waals surface area contributed by atoms with E-state index in [1.807, 2.05) is 0 Å². The van der Waals surface area contributed by atoms with E-state index < -0.39 is 0 Å². The number of thiazole rings is 1. The average Bonchev–Trinajstić information content (AvgIpc) is 2.92. The van der Waals surface area contributed by atoms with Crippen molar-refractivity contribution >= 4 is 34.5 Å². The Labute approximate surface area is 126 Å². The van der Waals surface area contributed by atoms with Crippen LogP contribution in [0.4, 0.5) is 5.69 Å². The highest BCUT2D eigenvalue weighted by atomic mass is 35.5. The third-order valence-corrected chi connectivity index (χ3v) is 4.16. The Hall–Kier alpha value is -1.59. The maximum atomic E-state index is 5.81. The predicted octanol–water partition coefficient (Wildman–Crippen LogP) is 3.15. The Bertz CT molecular complexity index is 606. The van der Waals surface area contributed by atoms with Crippen LogP contribution in [-0.2, 0) is 6.54 Å². The maximum absolute atomic E-state index is 5.81. The molecule has 2 N–H and O–H groups in total. The van der Waals surface area contributed by atoms with Crippen LogP contribution < -0.4 is 10.6 Å².